The van der Waals surface area contributed by atoms with Gasteiger partial charge in [0.2, 0.25) is 0 Å². The molecule has 2 fully saturated rings. The molecule has 0 bridgehead atoms. The molecule has 98 valence electrons. The second kappa shape index (κ2) is 5.34. The molecule has 1 aromatic heterocycles. The maximum absolute atomic E-state index is 5.46. The van der Waals surface area contributed by atoms with Crippen LogP contribution in [0.25, 0.3) is 0 Å². The number of rotatable bonds is 5. The fourth-order valence-corrected chi connectivity index (χ4v) is 2.87. The van der Waals surface area contributed by atoms with Crippen LogP contribution < -0.4 is 5.32 Å². The Balaban J connectivity index is 1.52. The van der Waals surface area contributed by atoms with Gasteiger partial charge in [0, 0.05) is 25.5 Å². The Labute approximate surface area is 108 Å². The monoisotopic (exact) mass is 247 g/mol. The molecule has 3 heterocycles. The van der Waals surface area contributed by atoms with Crippen molar-refractivity contribution in [2.75, 3.05) is 32.8 Å². The Bertz CT molecular complexity index is 372. The molecule has 0 aromatic carbocycles. The zero-order valence-electron chi connectivity index (χ0n) is 10.8. The van der Waals surface area contributed by atoms with Crippen molar-refractivity contribution < 1.29 is 4.74 Å². The molecule has 0 atom stereocenters. The van der Waals surface area contributed by atoms with Crippen LogP contribution in [0.5, 0.6) is 0 Å². The zero-order chi connectivity index (χ0) is 12.3. The van der Waals surface area contributed by atoms with Crippen molar-refractivity contribution >= 4 is 0 Å². The average molecular weight is 247 g/mol. The Hall–Kier alpha value is -0.970. The summed E-state index contributed by atoms with van der Waals surface area (Å²) < 4.78 is 5.46. The van der Waals surface area contributed by atoms with Gasteiger partial charge in [-0.05, 0) is 37.6 Å². The van der Waals surface area contributed by atoms with E-state index in [1.807, 2.05) is 18.5 Å². The number of likely N-dealkylation sites (tertiary alicyclic amines) is 1. The van der Waals surface area contributed by atoms with Gasteiger partial charge in [-0.1, -0.05) is 6.07 Å². The molecule has 18 heavy (non-hydrogen) atoms. The van der Waals surface area contributed by atoms with Crippen LogP contribution in [0.3, 0.4) is 0 Å². The summed E-state index contributed by atoms with van der Waals surface area (Å²) in [6.45, 7) is 6.14. The summed E-state index contributed by atoms with van der Waals surface area (Å²) in [6.07, 6.45) is 6.41. The maximum Gasteiger partial charge on any atom is 0.0804 e. The predicted octanol–water partition coefficient (Wildman–Crippen LogP) is 1.04. The SMILES string of the molecule is c1cncc(CNCC2(N3CCCC3)COC2)c1. The lowest BCUT2D eigenvalue weighted by molar-refractivity contribution is -0.131. The summed E-state index contributed by atoms with van der Waals surface area (Å²) in [7, 11) is 0. The molecule has 3 rings (SSSR count). The number of nitrogens with one attached hydrogen (secondary N) is 1. The molecular formula is C14H21N3O. The van der Waals surface area contributed by atoms with Crippen molar-refractivity contribution in [1.29, 1.82) is 0 Å². The quantitative estimate of drug-likeness (QED) is 0.843. The first-order valence-corrected chi connectivity index (χ1v) is 6.82. The minimum Gasteiger partial charge on any atom is -0.377 e. The van der Waals surface area contributed by atoms with Gasteiger partial charge in [0.05, 0.1) is 18.8 Å². The molecule has 2 aliphatic rings. The van der Waals surface area contributed by atoms with E-state index in [0.29, 0.717) is 0 Å². The largest absolute Gasteiger partial charge is 0.377 e. The second-order valence-electron chi connectivity index (χ2n) is 5.38. The van der Waals surface area contributed by atoms with Gasteiger partial charge in [0.15, 0.2) is 0 Å². The van der Waals surface area contributed by atoms with Crippen LogP contribution >= 0.6 is 0 Å². The van der Waals surface area contributed by atoms with Crippen molar-refractivity contribution in [3.8, 4) is 0 Å². The topological polar surface area (TPSA) is 37.4 Å². The molecule has 4 heteroatoms. The van der Waals surface area contributed by atoms with Crippen LogP contribution in [0, 0.1) is 0 Å². The van der Waals surface area contributed by atoms with Gasteiger partial charge in [0.25, 0.3) is 0 Å². The average Bonchev–Trinajstić information content (AvgIpc) is 2.88. The lowest BCUT2D eigenvalue weighted by Crippen LogP contribution is -2.66. The van der Waals surface area contributed by atoms with E-state index in [1.165, 1.54) is 31.5 Å². The smallest absolute Gasteiger partial charge is 0.0804 e. The number of hydrogen-bond donors (Lipinski definition) is 1. The molecule has 1 aromatic rings. The molecular weight excluding hydrogens is 226 g/mol. The van der Waals surface area contributed by atoms with Crippen LogP contribution in [0.2, 0.25) is 0 Å². The van der Waals surface area contributed by atoms with Gasteiger partial charge in [-0.3, -0.25) is 9.88 Å². The fraction of sp³-hybridized carbons (Fsp3) is 0.643. The number of ether oxygens (including phenoxy) is 1. The highest BCUT2D eigenvalue weighted by Gasteiger charge is 2.44. The first-order chi connectivity index (χ1) is 8.89. The predicted molar refractivity (Wildman–Crippen MR) is 70.3 cm³/mol. The standard InChI is InChI=1S/C14H21N3O/c1-2-7-17(6-1)14(11-18-12-14)10-16-9-13-4-3-5-15-8-13/h3-5,8,16H,1-2,6-7,9-12H2. The van der Waals surface area contributed by atoms with E-state index in [4.69, 9.17) is 4.74 Å². The Morgan fingerprint density at radius 3 is 2.78 bits per heavy atom. The lowest BCUT2D eigenvalue weighted by atomic mass is 9.95. The van der Waals surface area contributed by atoms with Crippen molar-refractivity contribution in [3.05, 3.63) is 30.1 Å². The van der Waals surface area contributed by atoms with Gasteiger partial charge in [0.1, 0.15) is 0 Å². The molecule has 2 aliphatic heterocycles. The van der Waals surface area contributed by atoms with E-state index in [0.717, 1.165) is 26.3 Å². The minimum absolute atomic E-state index is 0.263. The first kappa shape index (κ1) is 12.1. The van der Waals surface area contributed by atoms with E-state index >= 15 is 0 Å². The highest BCUT2D eigenvalue weighted by molar-refractivity contribution is 5.08. The maximum atomic E-state index is 5.46. The summed E-state index contributed by atoms with van der Waals surface area (Å²) in [5.41, 5.74) is 1.51. The summed E-state index contributed by atoms with van der Waals surface area (Å²) in [5.74, 6) is 0. The number of nitrogens with zero attached hydrogens (tertiary/aromatic N) is 2. The summed E-state index contributed by atoms with van der Waals surface area (Å²) in [4.78, 5) is 6.74. The third kappa shape index (κ3) is 2.41. The Morgan fingerprint density at radius 2 is 2.17 bits per heavy atom. The molecule has 0 saturated carbocycles. The highest BCUT2D eigenvalue weighted by atomic mass is 16.5. The molecule has 1 N–H and O–H groups in total. The van der Waals surface area contributed by atoms with E-state index in [1.54, 1.807) is 0 Å². The molecule has 0 spiro atoms. The first-order valence-electron chi connectivity index (χ1n) is 6.82. The number of pyridine rings is 1. The van der Waals surface area contributed by atoms with E-state index in [2.05, 4.69) is 21.3 Å². The number of hydrogen-bond acceptors (Lipinski definition) is 4. The van der Waals surface area contributed by atoms with Crippen molar-refractivity contribution in [3.63, 3.8) is 0 Å². The third-order valence-corrected chi connectivity index (χ3v) is 4.02. The molecule has 0 radical (unpaired) electrons. The summed E-state index contributed by atoms with van der Waals surface area (Å²) in [5, 5.41) is 3.56. The summed E-state index contributed by atoms with van der Waals surface area (Å²) in [6, 6.07) is 4.10. The molecule has 0 unspecified atom stereocenters. The lowest BCUT2D eigenvalue weighted by Gasteiger charge is -2.48. The van der Waals surface area contributed by atoms with Gasteiger partial charge in [-0.25, -0.2) is 0 Å². The van der Waals surface area contributed by atoms with E-state index in [-0.39, 0.29) is 5.54 Å². The van der Waals surface area contributed by atoms with Gasteiger partial charge in [-0.2, -0.15) is 0 Å². The van der Waals surface area contributed by atoms with Crippen molar-refractivity contribution in [2.45, 2.75) is 24.9 Å². The summed E-state index contributed by atoms with van der Waals surface area (Å²) >= 11 is 0. The van der Waals surface area contributed by atoms with Gasteiger partial charge < -0.3 is 10.1 Å². The molecule has 2 saturated heterocycles. The Kier molecular flexibility index (Phi) is 3.59. The Morgan fingerprint density at radius 1 is 1.33 bits per heavy atom. The molecule has 4 nitrogen and oxygen atoms in total. The fourth-order valence-electron chi connectivity index (χ4n) is 2.87. The third-order valence-electron chi connectivity index (χ3n) is 4.02. The highest BCUT2D eigenvalue weighted by Crippen LogP contribution is 2.28. The normalized spacial score (nSPS) is 22.9. The van der Waals surface area contributed by atoms with Crippen molar-refractivity contribution in [2.24, 2.45) is 0 Å². The van der Waals surface area contributed by atoms with Crippen LogP contribution in [0.4, 0.5) is 0 Å². The molecule has 0 aliphatic carbocycles. The van der Waals surface area contributed by atoms with Crippen LogP contribution in [-0.4, -0.2) is 48.3 Å². The zero-order valence-corrected chi connectivity index (χ0v) is 10.8. The minimum atomic E-state index is 0.263. The second-order valence-corrected chi connectivity index (χ2v) is 5.38. The number of aromatic nitrogens is 1. The van der Waals surface area contributed by atoms with E-state index in [9.17, 15) is 0 Å². The van der Waals surface area contributed by atoms with Crippen molar-refractivity contribution in [1.82, 2.24) is 15.2 Å². The van der Waals surface area contributed by atoms with Crippen LogP contribution in [-0.2, 0) is 11.3 Å². The van der Waals surface area contributed by atoms with Gasteiger partial charge >= 0.3 is 0 Å². The van der Waals surface area contributed by atoms with Gasteiger partial charge in [-0.15, -0.1) is 0 Å². The van der Waals surface area contributed by atoms with Crippen LogP contribution in [0.1, 0.15) is 18.4 Å². The van der Waals surface area contributed by atoms with Crippen LogP contribution in [0.15, 0.2) is 24.5 Å². The van der Waals surface area contributed by atoms with E-state index < -0.39 is 0 Å². The molecule has 0 amide bonds.